The Balaban J connectivity index is 2.34. The van der Waals surface area contributed by atoms with Crippen LogP contribution in [0.1, 0.15) is 5.56 Å². The lowest BCUT2D eigenvalue weighted by Crippen LogP contribution is -2.04. The van der Waals surface area contributed by atoms with E-state index in [-0.39, 0.29) is 0 Å². The molecular formula is C11H11Br2N3. The first-order valence-corrected chi connectivity index (χ1v) is 6.48. The third-order valence-electron chi connectivity index (χ3n) is 2.27. The normalized spacial score (nSPS) is 10.7. The quantitative estimate of drug-likeness (QED) is 0.930. The Labute approximate surface area is 111 Å². The first-order valence-electron chi connectivity index (χ1n) is 4.90. The molecule has 0 fully saturated rings. The van der Waals surface area contributed by atoms with E-state index in [9.17, 15) is 0 Å². The maximum Gasteiger partial charge on any atom is 0.0657 e. The van der Waals surface area contributed by atoms with Gasteiger partial charge in [0.2, 0.25) is 0 Å². The molecule has 5 heteroatoms. The number of hydrogen-bond acceptors (Lipinski definition) is 2. The zero-order chi connectivity index (χ0) is 11.5. The molecule has 0 aliphatic heterocycles. The molecule has 3 nitrogen and oxygen atoms in total. The summed E-state index contributed by atoms with van der Waals surface area (Å²) in [4.78, 5) is 0. The van der Waals surface area contributed by atoms with Gasteiger partial charge in [-0.3, -0.25) is 0 Å². The largest absolute Gasteiger partial charge is 0.330 e. The zero-order valence-electron chi connectivity index (χ0n) is 8.53. The molecular weight excluding hydrogens is 334 g/mol. The molecule has 0 saturated carbocycles. The second kappa shape index (κ2) is 5.12. The van der Waals surface area contributed by atoms with Crippen molar-refractivity contribution in [3.05, 3.63) is 45.1 Å². The monoisotopic (exact) mass is 343 g/mol. The van der Waals surface area contributed by atoms with Gasteiger partial charge in [-0.2, -0.15) is 5.10 Å². The summed E-state index contributed by atoms with van der Waals surface area (Å²) in [5.74, 6) is 0. The van der Waals surface area contributed by atoms with Crippen LogP contribution >= 0.6 is 31.9 Å². The van der Waals surface area contributed by atoms with Gasteiger partial charge in [0.15, 0.2) is 0 Å². The molecule has 1 aromatic heterocycles. The molecule has 1 aromatic carbocycles. The Morgan fingerprint density at radius 3 is 2.69 bits per heavy atom. The van der Waals surface area contributed by atoms with E-state index in [0.29, 0.717) is 6.54 Å². The number of nitrogens with two attached hydrogens (primary N) is 1. The highest BCUT2D eigenvalue weighted by atomic mass is 79.9. The molecule has 16 heavy (non-hydrogen) atoms. The van der Waals surface area contributed by atoms with E-state index in [1.54, 1.807) is 6.20 Å². The van der Waals surface area contributed by atoms with Gasteiger partial charge >= 0.3 is 0 Å². The van der Waals surface area contributed by atoms with Crippen LogP contribution < -0.4 is 5.73 Å². The van der Waals surface area contributed by atoms with Crippen LogP contribution in [0.5, 0.6) is 0 Å². The number of rotatable bonds is 3. The standard InChI is InChI=1S/C11H11Br2N3/c12-9-6-15-16(7-9)10-2-1-8(3-4-14)11(13)5-10/h1-2,5-7H,3-4,14H2. The number of nitrogens with zero attached hydrogens (tertiary/aromatic N) is 2. The van der Waals surface area contributed by atoms with Crippen molar-refractivity contribution in [2.45, 2.75) is 6.42 Å². The Hall–Kier alpha value is -0.650. The van der Waals surface area contributed by atoms with Crippen LogP contribution in [-0.4, -0.2) is 16.3 Å². The zero-order valence-corrected chi connectivity index (χ0v) is 11.7. The Morgan fingerprint density at radius 1 is 1.31 bits per heavy atom. The lowest BCUT2D eigenvalue weighted by molar-refractivity contribution is 0.875. The molecule has 0 aliphatic rings. The predicted octanol–water partition coefficient (Wildman–Crippen LogP) is 2.90. The summed E-state index contributed by atoms with van der Waals surface area (Å²) in [6, 6.07) is 6.15. The van der Waals surface area contributed by atoms with E-state index in [1.807, 2.05) is 23.0 Å². The van der Waals surface area contributed by atoms with E-state index in [2.05, 4.69) is 43.0 Å². The van der Waals surface area contributed by atoms with Crippen molar-refractivity contribution >= 4 is 31.9 Å². The maximum absolute atomic E-state index is 5.54. The molecule has 0 atom stereocenters. The summed E-state index contributed by atoms with van der Waals surface area (Å²) in [6.45, 7) is 0.658. The molecule has 2 rings (SSSR count). The lowest BCUT2D eigenvalue weighted by Gasteiger charge is -2.06. The molecule has 1 heterocycles. The van der Waals surface area contributed by atoms with Crippen LogP contribution in [0.15, 0.2) is 39.5 Å². The van der Waals surface area contributed by atoms with Crippen molar-refractivity contribution < 1.29 is 0 Å². The van der Waals surface area contributed by atoms with Crippen LogP contribution in [0.3, 0.4) is 0 Å². The molecule has 84 valence electrons. The first kappa shape index (κ1) is 11.8. The van der Waals surface area contributed by atoms with Gasteiger partial charge in [0.1, 0.15) is 0 Å². The average molecular weight is 345 g/mol. The molecule has 0 saturated heterocycles. The van der Waals surface area contributed by atoms with Crippen molar-refractivity contribution in [2.75, 3.05) is 6.54 Å². The van der Waals surface area contributed by atoms with Gasteiger partial charge in [-0.15, -0.1) is 0 Å². The highest BCUT2D eigenvalue weighted by molar-refractivity contribution is 9.10. The molecule has 2 N–H and O–H groups in total. The van der Waals surface area contributed by atoms with Crippen LogP contribution in [0.4, 0.5) is 0 Å². The van der Waals surface area contributed by atoms with E-state index >= 15 is 0 Å². The molecule has 0 radical (unpaired) electrons. The smallest absolute Gasteiger partial charge is 0.0657 e. The summed E-state index contributed by atoms with van der Waals surface area (Å²) in [5.41, 5.74) is 7.78. The summed E-state index contributed by atoms with van der Waals surface area (Å²) in [6.07, 6.45) is 4.57. The summed E-state index contributed by atoms with van der Waals surface area (Å²) >= 11 is 6.92. The molecule has 0 aliphatic carbocycles. The topological polar surface area (TPSA) is 43.8 Å². The number of hydrogen-bond donors (Lipinski definition) is 1. The SMILES string of the molecule is NCCc1ccc(-n2cc(Br)cn2)cc1Br. The summed E-state index contributed by atoms with van der Waals surface area (Å²) < 4.78 is 3.86. The fraction of sp³-hybridized carbons (Fsp3) is 0.182. The Bertz CT molecular complexity index is 494. The van der Waals surface area contributed by atoms with Crippen molar-refractivity contribution in [3.63, 3.8) is 0 Å². The van der Waals surface area contributed by atoms with E-state index in [4.69, 9.17) is 5.73 Å². The summed E-state index contributed by atoms with van der Waals surface area (Å²) in [5, 5.41) is 4.23. The van der Waals surface area contributed by atoms with Gasteiger partial charge in [-0.05, 0) is 46.6 Å². The van der Waals surface area contributed by atoms with Gasteiger partial charge in [0.05, 0.1) is 16.4 Å². The van der Waals surface area contributed by atoms with Gasteiger partial charge in [0.25, 0.3) is 0 Å². The molecule has 0 spiro atoms. The molecule has 0 bridgehead atoms. The second-order valence-corrected chi connectivity index (χ2v) is 5.19. The maximum atomic E-state index is 5.54. The van der Waals surface area contributed by atoms with Gasteiger partial charge in [-0.25, -0.2) is 4.68 Å². The molecule has 0 amide bonds. The van der Waals surface area contributed by atoms with Crippen LogP contribution in [-0.2, 0) is 6.42 Å². The fourth-order valence-electron chi connectivity index (χ4n) is 1.48. The number of aromatic nitrogens is 2. The first-order chi connectivity index (χ1) is 7.70. The van der Waals surface area contributed by atoms with Crippen molar-refractivity contribution in [1.29, 1.82) is 0 Å². The highest BCUT2D eigenvalue weighted by Gasteiger charge is 2.03. The van der Waals surface area contributed by atoms with Crippen molar-refractivity contribution in [3.8, 4) is 5.69 Å². The Morgan fingerprint density at radius 2 is 2.12 bits per heavy atom. The van der Waals surface area contributed by atoms with Gasteiger partial charge in [0, 0.05) is 10.7 Å². The number of benzene rings is 1. The van der Waals surface area contributed by atoms with Gasteiger partial charge in [-0.1, -0.05) is 22.0 Å². The van der Waals surface area contributed by atoms with Crippen molar-refractivity contribution in [1.82, 2.24) is 9.78 Å². The Kier molecular flexibility index (Phi) is 3.78. The van der Waals surface area contributed by atoms with Crippen molar-refractivity contribution in [2.24, 2.45) is 5.73 Å². The summed E-state index contributed by atoms with van der Waals surface area (Å²) in [7, 11) is 0. The third-order valence-corrected chi connectivity index (χ3v) is 3.41. The number of halogens is 2. The van der Waals surface area contributed by atoms with E-state index in [1.165, 1.54) is 5.56 Å². The highest BCUT2D eigenvalue weighted by Crippen LogP contribution is 2.21. The van der Waals surface area contributed by atoms with Gasteiger partial charge < -0.3 is 5.73 Å². The van der Waals surface area contributed by atoms with Crippen LogP contribution in [0, 0.1) is 0 Å². The molecule has 2 aromatic rings. The van der Waals surface area contributed by atoms with E-state index < -0.39 is 0 Å². The van der Waals surface area contributed by atoms with Crippen LogP contribution in [0.25, 0.3) is 5.69 Å². The minimum Gasteiger partial charge on any atom is -0.330 e. The average Bonchev–Trinajstić information content (AvgIpc) is 2.68. The van der Waals surface area contributed by atoms with Crippen LogP contribution in [0.2, 0.25) is 0 Å². The fourth-order valence-corrected chi connectivity index (χ4v) is 2.33. The second-order valence-electron chi connectivity index (χ2n) is 3.42. The predicted molar refractivity (Wildman–Crippen MR) is 71.7 cm³/mol. The lowest BCUT2D eigenvalue weighted by atomic mass is 10.1. The minimum absolute atomic E-state index is 0.658. The molecule has 0 unspecified atom stereocenters. The third kappa shape index (κ3) is 2.53. The minimum atomic E-state index is 0.658. The van der Waals surface area contributed by atoms with E-state index in [0.717, 1.165) is 21.1 Å².